The van der Waals surface area contributed by atoms with E-state index in [-0.39, 0.29) is 35.8 Å². The number of hydrogen-bond acceptors (Lipinski definition) is 5. The van der Waals surface area contributed by atoms with Crippen LogP contribution in [0.5, 0.6) is 0 Å². The van der Waals surface area contributed by atoms with Crippen molar-refractivity contribution in [1.29, 1.82) is 0 Å². The molecule has 0 saturated carbocycles. The molecule has 84 valence electrons. The number of aliphatic hydroxyl groups is 2. The molecular weight excluding hydrogens is 280 g/mol. The van der Waals surface area contributed by atoms with Gasteiger partial charge in [0.25, 0.3) is 0 Å². The van der Waals surface area contributed by atoms with Crippen molar-refractivity contribution in [3.63, 3.8) is 0 Å². The topological polar surface area (TPSA) is 95.8 Å². The van der Waals surface area contributed by atoms with Gasteiger partial charge in [-0.3, -0.25) is 0 Å². The maximum atomic E-state index is 9.10. The summed E-state index contributed by atoms with van der Waals surface area (Å²) in [7, 11) is 0.125. The Bertz CT molecular complexity index is 108. The summed E-state index contributed by atoms with van der Waals surface area (Å²) in [5.41, 5.74) is -2.01. The molecule has 0 atom stereocenters. The first-order chi connectivity index (χ1) is 5.66. The molecule has 0 saturated heterocycles. The van der Waals surface area contributed by atoms with E-state index in [9.17, 15) is 0 Å². The molecule has 0 aromatic heterocycles. The maximum absolute atomic E-state index is 9.10. The van der Waals surface area contributed by atoms with Crippen LogP contribution in [0.4, 0.5) is 0 Å². The third-order valence-electron chi connectivity index (χ3n) is 1.61. The molecule has 0 spiro atoms. The van der Waals surface area contributed by atoms with Gasteiger partial charge >= 0.3 is 20.4 Å². The van der Waals surface area contributed by atoms with Gasteiger partial charge in [-0.15, -0.1) is 0 Å². The van der Waals surface area contributed by atoms with Crippen molar-refractivity contribution in [3.8, 4) is 0 Å². The van der Waals surface area contributed by atoms with E-state index in [0.29, 0.717) is 0 Å². The Balaban J connectivity index is -0.000000177. The Kier molecular flexibility index (Phi) is 12.7. The van der Waals surface area contributed by atoms with E-state index >= 15 is 0 Å². The number of rotatable bonds is 3. The van der Waals surface area contributed by atoms with Crippen molar-refractivity contribution in [2.24, 2.45) is 0 Å². The largest absolute Gasteiger partial charge is 2.00 e. The Hall–Kier alpha value is 0.592. The van der Waals surface area contributed by atoms with Crippen molar-refractivity contribution >= 4 is 15.4 Å². The van der Waals surface area contributed by atoms with Crippen LogP contribution in [-0.4, -0.2) is 36.8 Å². The van der Waals surface area contributed by atoms with Crippen LogP contribution < -0.4 is 10.0 Å². The molecule has 0 aliphatic rings. The summed E-state index contributed by atoms with van der Waals surface area (Å²) in [4.78, 5) is 0. The van der Waals surface area contributed by atoms with Crippen molar-refractivity contribution < 1.29 is 45.3 Å². The molecule has 0 aliphatic heterocycles. The van der Waals surface area contributed by atoms with Crippen molar-refractivity contribution in [2.75, 3.05) is 0 Å². The van der Waals surface area contributed by atoms with Crippen LogP contribution in [0.25, 0.3) is 0 Å². The SMILES string of the molecule is CC(C)(O)C(C)(C)O.[O-][B]O[B][O-].[Pd+2]. The van der Waals surface area contributed by atoms with Crippen LogP contribution in [0.3, 0.4) is 0 Å². The van der Waals surface area contributed by atoms with E-state index < -0.39 is 11.2 Å². The molecule has 2 N–H and O–H groups in total. The zero-order valence-electron chi connectivity index (χ0n) is 8.59. The van der Waals surface area contributed by atoms with Gasteiger partial charge in [0.1, 0.15) is 15.4 Å². The molecule has 0 fully saturated rings. The van der Waals surface area contributed by atoms with Gasteiger partial charge in [0.2, 0.25) is 0 Å². The molecule has 0 aromatic rings. The van der Waals surface area contributed by atoms with E-state index in [0.717, 1.165) is 0 Å². The molecule has 5 nitrogen and oxygen atoms in total. The van der Waals surface area contributed by atoms with Crippen molar-refractivity contribution in [3.05, 3.63) is 0 Å². The van der Waals surface area contributed by atoms with Crippen LogP contribution in [0, 0.1) is 0 Å². The molecule has 2 radical (unpaired) electrons. The predicted molar refractivity (Wildman–Crippen MR) is 45.2 cm³/mol. The first kappa shape index (κ1) is 20.1. The molecule has 0 bridgehead atoms. The van der Waals surface area contributed by atoms with Crippen molar-refractivity contribution in [2.45, 2.75) is 38.9 Å². The van der Waals surface area contributed by atoms with Crippen LogP contribution in [0.2, 0.25) is 0 Å². The Morgan fingerprint density at radius 1 is 0.929 bits per heavy atom. The minimum absolute atomic E-state index is 0. The molecule has 0 amide bonds. The molecular formula is C6H14B2O5Pd. The molecule has 0 heterocycles. The van der Waals surface area contributed by atoms with Gasteiger partial charge in [0.05, 0.1) is 11.2 Å². The van der Waals surface area contributed by atoms with Crippen LogP contribution in [0.1, 0.15) is 27.7 Å². The van der Waals surface area contributed by atoms with Gasteiger partial charge in [-0.25, -0.2) is 0 Å². The summed E-state index contributed by atoms with van der Waals surface area (Å²) < 4.78 is 3.47. The fourth-order valence-corrected chi connectivity index (χ4v) is 0.0227. The smallest absolute Gasteiger partial charge is 0.863 e. The normalized spacial score (nSPS) is 10.6. The maximum Gasteiger partial charge on any atom is 2.00 e. The third-order valence-corrected chi connectivity index (χ3v) is 1.61. The summed E-state index contributed by atoms with van der Waals surface area (Å²) in [6, 6.07) is 0. The zero-order chi connectivity index (χ0) is 11.1. The zero-order valence-corrected chi connectivity index (χ0v) is 10.1. The summed E-state index contributed by atoms with van der Waals surface area (Å²) in [6.45, 7) is 6.31. The standard InChI is InChI=1S/C6H14O2.B2O3.Pd/c1-5(2,7)6(3,4)8;3-1-5-2-4;/h7-8H,1-4H3;;/q;-2;+2. The minimum Gasteiger partial charge on any atom is -0.863 e. The minimum atomic E-state index is -1.01. The first-order valence-electron chi connectivity index (χ1n) is 3.64. The fraction of sp³-hybridized carbons (Fsp3) is 1.00. The van der Waals surface area contributed by atoms with Crippen molar-refractivity contribution in [1.82, 2.24) is 0 Å². The Labute approximate surface area is 99.8 Å². The molecule has 0 aliphatic carbocycles. The second kappa shape index (κ2) is 8.86. The molecule has 0 rings (SSSR count). The quantitative estimate of drug-likeness (QED) is 0.553. The monoisotopic (exact) mass is 294 g/mol. The summed E-state index contributed by atoms with van der Waals surface area (Å²) in [6.07, 6.45) is 0. The molecule has 0 unspecified atom stereocenters. The van der Waals surface area contributed by atoms with Gasteiger partial charge in [-0.1, -0.05) is 0 Å². The van der Waals surface area contributed by atoms with E-state index in [1.165, 1.54) is 0 Å². The summed E-state index contributed by atoms with van der Waals surface area (Å²) >= 11 is 0. The second-order valence-electron chi connectivity index (χ2n) is 3.45. The average molecular weight is 294 g/mol. The van der Waals surface area contributed by atoms with E-state index in [2.05, 4.69) is 4.57 Å². The average Bonchev–Trinajstić information content (AvgIpc) is 1.85. The number of hydrogen-bond donors (Lipinski definition) is 2. The van der Waals surface area contributed by atoms with Gasteiger partial charge in [-0.05, 0) is 27.7 Å². The van der Waals surface area contributed by atoms with Crippen LogP contribution in [-0.2, 0) is 25.0 Å². The summed E-state index contributed by atoms with van der Waals surface area (Å²) in [5.74, 6) is 0. The Morgan fingerprint density at radius 2 is 1.14 bits per heavy atom. The van der Waals surface area contributed by atoms with Gasteiger partial charge in [0, 0.05) is 0 Å². The van der Waals surface area contributed by atoms with Gasteiger partial charge < -0.3 is 24.8 Å². The molecule has 0 aromatic carbocycles. The van der Waals surface area contributed by atoms with Crippen LogP contribution >= 0.6 is 0 Å². The molecule has 14 heavy (non-hydrogen) atoms. The Morgan fingerprint density at radius 3 is 1.14 bits per heavy atom. The fourth-order valence-electron chi connectivity index (χ4n) is 0.0227. The van der Waals surface area contributed by atoms with E-state index in [4.69, 9.17) is 20.3 Å². The van der Waals surface area contributed by atoms with Gasteiger partial charge in [-0.2, -0.15) is 0 Å². The second-order valence-corrected chi connectivity index (χ2v) is 3.45. The van der Waals surface area contributed by atoms with Gasteiger partial charge in [0.15, 0.2) is 0 Å². The summed E-state index contributed by atoms with van der Waals surface area (Å²) in [5, 5.41) is 36.1. The third kappa shape index (κ3) is 12.6. The molecule has 8 heteroatoms. The first-order valence-corrected chi connectivity index (χ1v) is 3.64. The predicted octanol–water partition coefficient (Wildman–Crippen LogP) is -2.68. The van der Waals surface area contributed by atoms with Crippen LogP contribution in [0.15, 0.2) is 0 Å². The van der Waals surface area contributed by atoms with E-state index in [1.54, 1.807) is 27.7 Å². The van der Waals surface area contributed by atoms with E-state index in [1.807, 2.05) is 0 Å².